The quantitative estimate of drug-likeness (QED) is 0.140. The van der Waals surface area contributed by atoms with Gasteiger partial charge in [0.15, 0.2) is 9.84 Å². The average molecular weight is 720 g/mol. The molecule has 282 valence electrons. The average Bonchev–Trinajstić information content (AvgIpc) is 3.87. The van der Waals surface area contributed by atoms with E-state index < -0.39 is 68.5 Å². The normalized spacial score (nSPS) is 25.1. The number of fused-ring (bicyclic) bond motifs is 1. The van der Waals surface area contributed by atoms with Crippen molar-refractivity contribution in [2.75, 3.05) is 24.6 Å². The van der Waals surface area contributed by atoms with E-state index in [-0.39, 0.29) is 47.1 Å². The van der Waals surface area contributed by atoms with Crippen LogP contribution in [0, 0.1) is 34.5 Å². The van der Waals surface area contributed by atoms with E-state index >= 15 is 0 Å². The van der Waals surface area contributed by atoms with E-state index in [0.717, 1.165) is 32.1 Å². The molecule has 4 rings (SSSR count). The second kappa shape index (κ2) is 15.3. The zero-order valence-electron chi connectivity index (χ0n) is 31.2. The Hall–Kier alpha value is -2.96. The number of urea groups is 1. The van der Waals surface area contributed by atoms with E-state index in [4.69, 9.17) is 0 Å². The zero-order valence-corrected chi connectivity index (χ0v) is 32.0. The molecular formula is C37H61N5O7S. The molecule has 4 fully saturated rings. The summed E-state index contributed by atoms with van der Waals surface area (Å²) in [4.78, 5) is 69.6. The minimum absolute atomic E-state index is 0.0581. The van der Waals surface area contributed by atoms with Crippen molar-refractivity contribution in [3.8, 4) is 0 Å². The molecule has 0 aromatic heterocycles. The van der Waals surface area contributed by atoms with Gasteiger partial charge >= 0.3 is 6.03 Å². The number of hydrogen-bond acceptors (Lipinski definition) is 7. The summed E-state index contributed by atoms with van der Waals surface area (Å²) < 4.78 is 26.4. The maximum absolute atomic E-state index is 14.5. The van der Waals surface area contributed by atoms with Crippen LogP contribution in [-0.4, -0.2) is 91.1 Å². The fourth-order valence-corrected chi connectivity index (χ4v) is 10.2. The Kier molecular flexibility index (Phi) is 12.2. The number of nitrogens with zero attached hydrogens (tertiary/aromatic N) is 1. The van der Waals surface area contributed by atoms with Crippen LogP contribution in [0.4, 0.5) is 4.79 Å². The van der Waals surface area contributed by atoms with Crippen LogP contribution in [0.15, 0.2) is 12.7 Å². The lowest BCUT2D eigenvalue weighted by molar-refractivity contribution is -0.145. The van der Waals surface area contributed by atoms with E-state index in [1.807, 2.05) is 34.6 Å². The number of amides is 5. The first-order valence-electron chi connectivity index (χ1n) is 18.5. The van der Waals surface area contributed by atoms with Crippen LogP contribution >= 0.6 is 0 Å². The monoisotopic (exact) mass is 719 g/mol. The molecule has 0 aromatic carbocycles. The summed E-state index contributed by atoms with van der Waals surface area (Å²) in [6.07, 6.45) is 7.85. The predicted molar refractivity (Wildman–Crippen MR) is 193 cm³/mol. The molecule has 5 atom stereocenters. The SMILES string of the molecule is C=CCNC(=O)C(=O)C(CC1CC1)NC(=O)[C@@H]1C2[C@H](CN1C(=O)[C@@H](NC(=O)NC1(CS(=O)(=O)CCC(C)C)CCCCC1)C(C)(C)C)C2(C)C. The van der Waals surface area contributed by atoms with Crippen molar-refractivity contribution in [1.82, 2.24) is 26.2 Å². The van der Waals surface area contributed by atoms with Gasteiger partial charge in [-0.2, -0.15) is 0 Å². The maximum atomic E-state index is 14.5. The Morgan fingerprint density at radius 3 is 2.20 bits per heavy atom. The number of piperidine rings is 1. The third-order valence-corrected chi connectivity index (χ3v) is 13.2. The van der Waals surface area contributed by atoms with Crippen molar-refractivity contribution in [3.05, 3.63) is 12.7 Å². The van der Waals surface area contributed by atoms with Crippen LogP contribution in [0.25, 0.3) is 0 Å². The zero-order chi connectivity index (χ0) is 37.2. The molecule has 0 aromatic rings. The Morgan fingerprint density at radius 2 is 1.64 bits per heavy atom. The second-order valence-electron chi connectivity index (χ2n) is 17.5. The minimum atomic E-state index is -3.44. The molecule has 4 aliphatic rings. The number of sulfone groups is 1. The molecule has 3 saturated carbocycles. The number of rotatable bonds is 16. The fraction of sp³-hybridized carbons (Fsp3) is 0.811. The molecule has 0 radical (unpaired) electrons. The molecule has 1 heterocycles. The highest BCUT2D eigenvalue weighted by Gasteiger charge is 2.70. The van der Waals surface area contributed by atoms with Gasteiger partial charge < -0.3 is 26.2 Å². The largest absolute Gasteiger partial charge is 0.346 e. The molecule has 3 aliphatic carbocycles. The van der Waals surface area contributed by atoms with Gasteiger partial charge in [0, 0.05) is 13.1 Å². The summed E-state index contributed by atoms with van der Waals surface area (Å²) in [5.74, 6) is -2.08. The lowest BCUT2D eigenvalue weighted by atomic mass is 9.83. The Balaban J connectivity index is 1.53. The van der Waals surface area contributed by atoms with Gasteiger partial charge in [-0.15, -0.1) is 6.58 Å². The molecule has 13 heteroatoms. The Morgan fingerprint density at radius 1 is 1.00 bits per heavy atom. The number of carbonyl (C=O) groups excluding carboxylic acids is 5. The molecule has 4 N–H and O–H groups in total. The van der Waals surface area contributed by atoms with Crippen LogP contribution in [0.1, 0.15) is 106 Å². The fourth-order valence-electron chi connectivity index (χ4n) is 8.06. The van der Waals surface area contributed by atoms with Crippen LogP contribution in [-0.2, 0) is 29.0 Å². The molecule has 50 heavy (non-hydrogen) atoms. The summed E-state index contributed by atoms with van der Waals surface area (Å²) in [5, 5.41) is 11.3. The first kappa shape index (κ1) is 39.8. The van der Waals surface area contributed by atoms with E-state index in [1.54, 1.807) is 0 Å². The number of nitrogens with one attached hydrogen (secondary N) is 4. The van der Waals surface area contributed by atoms with E-state index in [0.29, 0.717) is 32.2 Å². The third kappa shape index (κ3) is 9.67. The molecule has 12 nitrogen and oxygen atoms in total. The second-order valence-corrected chi connectivity index (χ2v) is 19.7. The van der Waals surface area contributed by atoms with Crippen LogP contribution in [0.3, 0.4) is 0 Å². The number of likely N-dealkylation sites (tertiary alicyclic amines) is 1. The van der Waals surface area contributed by atoms with Crippen LogP contribution < -0.4 is 21.3 Å². The highest BCUT2D eigenvalue weighted by molar-refractivity contribution is 7.91. The van der Waals surface area contributed by atoms with Gasteiger partial charge in [-0.25, -0.2) is 13.2 Å². The number of carbonyl (C=O) groups is 5. The lowest BCUT2D eigenvalue weighted by Gasteiger charge is -2.40. The van der Waals surface area contributed by atoms with Gasteiger partial charge in [-0.1, -0.05) is 86.6 Å². The van der Waals surface area contributed by atoms with Gasteiger partial charge in [-0.05, 0) is 60.2 Å². The Labute approximate surface area is 299 Å². The smallest absolute Gasteiger partial charge is 0.315 e. The molecule has 1 saturated heterocycles. The van der Waals surface area contributed by atoms with Gasteiger partial charge in [0.05, 0.1) is 23.1 Å². The molecule has 2 unspecified atom stereocenters. The molecular weight excluding hydrogens is 659 g/mol. The first-order chi connectivity index (χ1) is 23.2. The summed E-state index contributed by atoms with van der Waals surface area (Å²) in [7, 11) is -3.44. The molecule has 5 amide bonds. The molecule has 1 aliphatic heterocycles. The maximum Gasteiger partial charge on any atom is 0.315 e. The van der Waals surface area contributed by atoms with Gasteiger partial charge in [0.25, 0.3) is 5.91 Å². The summed E-state index contributed by atoms with van der Waals surface area (Å²) >= 11 is 0. The topological polar surface area (TPSA) is 171 Å². The summed E-state index contributed by atoms with van der Waals surface area (Å²) in [6.45, 7) is 17.6. The van der Waals surface area contributed by atoms with E-state index in [2.05, 4.69) is 41.7 Å². The lowest BCUT2D eigenvalue weighted by Crippen LogP contribution is -2.64. The van der Waals surface area contributed by atoms with Gasteiger partial charge in [0.1, 0.15) is 12.1 Å². The number of Topliss-reactive ketones (excluding diaryl/α,β-unsaturated/α-hetero) is 1. The van der Waals surface area contributed by atoms with Crippen molar-refractivity contribution in [3.63, 3.8) is 0 Å². The minimum Gasteiger partial charge on any atom is -0.346 e. The van der Waals surface area contributed by atoms with Crippen molar-refractivity contribution in [2.24, 2.45) is 34.5 Å². The third-order valence-electron chi connectivity index (χ3n) is 11.4. The highest BCUT2D eigenvalue weighted by atomic mass is 32.2. The first-order valence-corrected chi connectivity index (χ1v) is 20.4. The van der Waals surface area contributed by atoms with Crippen LogP contribution in [0.5, 0.6) is 0 Å². The standard InChI is InChI=1S/C37H61N5O7S/c1-9-18-38-32(45)29(43)26(20-24-13-14-24)39-31(44)28-27-25(36(27,7)8)21-42(28)33(46)30(35(4,5)6)40-34(47)41-37(16-11-10-12-17-37)22-50(48,49)19-15-23(2)3/h9,23-28,30H,1,10-22H2,2-8H3,(H,38,45)(H,39,44)(H2,40,41,47)/t25-,26?,27?,28-,30+/m0/s1. The van der Waals surface area contributed by atoms with E-state index in [9.17, 15) is 32.4 Å². The predicted octanol–water partition coefficient (Wildman–Crippen LogP) is 3.50. The van der Waals surface area contributed by atoms with Crippen molar-refractivity contribution >= 4 is 39.4 Å². The van der Waals surface area contributed by atoms with Gasteiger partial charge in [-0.3, -0.25) is 19.2 Å². The van der Waals surface area contributed by atoms with Crippen molar-refractivity contribution in [2.45, 2.75) is 130 Å². The summed E-state index contributed by atoms with van der Waals surface area (Å²) in [6, 6.07) is -3.52. The van der Waals surface area contributed by atoms with Crippen molar-refractivity contribution < 1.29 is 32.4 Å². The van der Waals surface area contributed by atoms with Crippen molar-refractivity contribution in [1.29, 1.82) is 0 Å². The number of ketones is 1. The van der Waals surface area contributed by atoms with Crippen LogP contribution in [0.2, 0.25) is 0 Å². The Bertz CT molecular complexity index is 1430. The van der Waals surface area contributed by atoms with E-state index in [1.165, 1.54) is 11.0 Å². The molecule has 0 bridgehead atoms. The summed E-state index contributed by atoms with van der Waals surface area (Å²) in [5.41, 5.74) is -1.88. The molecule has 0 spiro atoms. The van der Waals surface area contributed by atoms with Gasteiger partial charge in [0.2, 0.25) is 17.6 Å². The number of hydrogen-bond donors (Lipinski definition) is 4. The highest BCUT2D eigenvalue weighted by Crippen LogP contribution is 2.65.